The zero-order valence-corrected chi connectivity index (χ0v) is 17.4. The molecule has 1 atom stereocenters. The summed E-state index contributed by atoms with van der Waals surface area (Å²) in [5, 5.41) is 1.99. The van der Waals surface area contributed by atoms with Crippen LogP contribution in [-0.2, 0) is 14.3 Å². The third-order valence-electron chi connectivity index (χ3n) is 6.27. The monoisotopic (exact) mass is 405 g/mol. The summed E-state index contributed by atoms with van der Waals surface area (Å²) in [5.74, 6) is 1.47. The van der Waals surface area contributed by atoms with Crippen molar-refractivity contribution in [3.63, 3.8) is 0 Å². The highest BCUT2D eigenvalue weighted by molar-refractivity contribution is 5.79. The van der Waals surface area contributed by atoms with Gasteiger partial charge in [-0.3, -0.25) is 4.84 Å². The van der Waals surface area contributed by atoms with Crippen LogP contribution in [0.15, 0.2) is 60.1 Å². The molecule has 0 bridgehead atoms. The quantitative estimate of drug-likeness (QED) is 0.671. The Balaban J connectivity index is 1.50. The summed E-state index contributed by atoms with van der Waals surface area (Å²) in [5.41, 5.74) is 6.65. The number of hydroxylamine groups is 1. The molecule has 1 saturated heterocycles. The van der Waals surface area contributed by atoms with E-state index in [0.717, 1.165) is 54.1 Å². The lowest BCUT2D eigenvalue weighted by atomic mass is 9.89. The smallest absolute Gasteiger partial charge is 0.132 e. The fourth-order valence-corrected chi connectivity index (χ4v) is 4.52. The van der Waals surface area contributed by atoms with Crippen LogP contribution in [0.3, 0.4) is 0 Å². The number of aromatic amines is 1. The molecule has 156 valence electrons. The van der Waals surface area contributed by atoms with Crippen LogP contribution in [-0.4, -0.2) is 36.9 Å². The number of nitrogens with zero attached hydrogens (tertiary/aromatic N) is 2. The predicted molar refractivity (Wildman–Crippen MR) is 116 cm³/mol. The molecule has 0 radical (unpaired) electrons. The summed E-state index contributed by atoms with van der Waals surface area (Å²) in [6.07, 6.45) is 3.90. The number of H-pyrrole nitrogens is 1. The first kappa shape index (κ1) is 19.2. The van der Waals surface area contributed by atoms with Gasteiger partial charge >= 0.3 is 0 Å². The van der Waals surface area contributed by atoms with Gasteiger partial charge in [-0.1, -0.05) is 24.3 Å². The van der Waals surface area contributed by atoms with Gasteiger partial charge in [0.2, 0.25) is 0 Å². The van der Waals surface area contributed by atoms with Gasteiger partial charge in [-0.25, -0.2) is 10.0 Å². The minimum absolute atomic E-state index is 0.0576. The van der Waals surface area contributed by atoms with Crippen LogP contribution in [0.2, 0.25) is 0 Å². The van der Waals surface area contributed by atoms with Crippen LogP contribution >= 0.6 is 0 Å². The summed E-state index contributed by atoms with van der Waals surface area (Å²) in [7, 11) is 1.71. The van der Waals surface area contributed by atoms with E-state index in [4.69, 9.17) is 14.3 Å². The Hall–Kier alpha value is -2.83. The number of imidazole rings is 1. The Morgan fingerprint density at radius 2 is 1.83 bits per heavy atom. The third kappa shape index (κ3) is 3.46. The van der Waals surface area contributed by atoms with Crippen LogP contribution in [0.1, 0.15) is 42.9 Å². The van der Waals surface area contributed by atoms with Crippen molar-refractivity contribution < 1.29 is 14.3 Å². The molecule has 2 aliphatic heterocycles. The Morgan fingerprint density at radius 3 is 2.60 bits per heavy atom. The minimum Gasteiger partial charge on any atom is -0.499 e. The van der Waals surface area contributed by atoms with Crippen LogP contribution in [0.25, 0.3) is 11.0 Å². The van der Waals surface area contributed by atoms with E-state index in [9.17, 15) is 0 Å². The standard InChI is InChI=1S/C24H27N3O3/c1-16-23(28-2)14-30-27(20-7-8-21-22(13-20)26-15-25-21)24(16)19-5-3-17(4-6-19)18-9-11-29-12-10-18/h3-8,13,15,18,24H,9-12,14H2,1-2H3,(H,25,26). The van der Waals surface area contributed by atoms with Gasteiger partial charge in [-0.05, 0) is 60.6 Å². The van der Waals surface area contributed by atoms with E-state index < -0.39 is 0 Å². The van der Waals surface area contributed by atoms with E-state index in [2.05, 4.69) is 53.3 Å². The number of methoxy groups -OCH3 is 1. The van der Waals surface area contributed by atoms with Crippen LogP contribution in [0.5, 0.6) is 0 Å². The normalized spacial score (nSPS) is 20.7. The van der Waals surface area contributed by atoms with Crippen molar-refractivity contribution in [1.82, 2.24) is 9.97 Å². The summed E-state index contributed by atoms with van der Waals surface area (Å²) in [6, 6.07) is 15.1. The number of anilines is 1. The van der Waals surface area contributed by atoms with E-state index in [0.29, 0.717) is 12.5 Å². The second-order valence-electron chi connectivity index (χ2n) is 7.97. The fraction of sp³-hybridized carbons (Fsp3) is 0.375. The number of benzene rings is 2. The minimum atomic E-state index is -0.0576. The van der Waals surface area contributed by atoms with E-state index in [1.54, 1.807) is 13.4 Å². The molecule has 1 unspecified atom stereocenters. The highest BCUT2D eigenvalue weighted by Crippen LogP contribution is 2.39. The number of fused-ring (bicyclic) bond motifs is 1. The van der Waals surface area contributed by atoms with Crippen molar-refractivity contribution in [2.45, 2.75) is 31.7 Å². The molecular weight excluding hydrogens is 378 g/mol. The Bertz CT molecular complexity index is 1050. The van der Waals surface area contributed by atoms with Crippen molar-refractivity contribution in [3.05, 3.63) is 71.3 Å². The van der Waals surface area contributed by atoms with Gasteiger partial charge in [0.1, 0.15) is 18.4 Å². The average molecular weight is 405 g/mol. The van der Waals surface area contributed by atoms with E-state index in [1.807, 2.05) is 11.1 Å². The zero-order valence-electron chi connectivity index (χ0n) is 17.4. The van der Waals surface area contributed by atoms with Gasteiger partial charge < -0.3 is 14.5 Å². The van der Waals surface area contributed by atoms with Crippen molar-refractivity contribution in [3.8, 4) is 0 Å². The van der Waals surface area contributed by atoms with Gasteiger partial charge in [0, 0.05) is 13.2 Å². The number of hydrogen-bond acceptors (Lipinski definition) is 5. The lowest BCUT2D eigenvalue weighted by Gasteiger charge is -2.38. The molecular formula is C24H27N3O3. The lowest BCUT2D eigenvalue weighted by Crippen LogP contribution is -2.35. The molecule has 0 saturated carbocycles. The number of ether oxygens (including phenoxy) is 2. The molecule has 30 heavy (non-hydrogen) atoms. The largest absolute Gasteiger partial charge is 0.499 e. The summed E-state index contributed by atoms with van der Waals surface area (Å²) < 4.78 is 11.1. The molecule has 0 aliphatic carbocycles. The maximum absolute atomic E-state index is 6.18. The predicted octanol–water partition coefficient (Wildman–Crippen LogP) is 4.87. The Morgan fingerprint density at radius 1 is 1.07 bits per heavy atom. The Labute approximate surface area is 176 Å². The maximum Gasteiger partial charge on any atom is 0.132 e. The molecule has 0 amide bonds. The Kier molecular flexibility index (Phi) is 5.19. The summed E-state index contributed by atoms with van der Waals surface area (Å²) >= 11 is 0. The van der Waals surface area contributed by atoms with Gasteiger partial charge in [-0.15, -0.1) is 0 Å². The van der Waals surface area contributed by atoms with E-state index in [1.165, 1.54) is 11.1 Å². The fourth-order valence-electron chi connectivity index (χ4n) is 4.52. The lowest BCUT2D eigenvalue weighted by molar-refractivity contribution is 0.0600. The van der Waals surface area contributed by atoms with Crippen molar-refractivity contribution in [1.29, 1.82) is 0 Å². The molecule has 3 heterocycles. The third-order valence-corrected chi connectivity index (χ3v) is 6.27. The van der Waals surface area contributed by atoms with E-state index >= 15 is 0 Å². The highest BCUT2D eigenvalue weighted by atomic mass is 16.7. The molecule has 3 aromatic rings. The van der Waals surface area contributed by atoms with Gasteiger partial charge in [0.15, 0.2) is 0 Å². The molecule has 1 aromatic heterocycles. The number of hydrogen-bond donors (Lipinski definition) is 1. The molecule has 1 N–H and O–H groups in total. The molecule has 2 aliphatic rings. The first-order chi connectivity index (χ1) is 14.7. The van der Waals surface area contributed by atoms with E-state index in [-0.39, 0.29) is 6.04 Å². The maximum atomic E-state index is 6.18. The topological polar surface area (TPSA) is 59.6 Å². The molecule has 1 fully saturated rings. The summed E-state index contributed by atoms with van der Waals surface area (Å²) in [6.45, 7) is 4.25. The molecule has 2 aromatic carbocycles. The second kappa shape index (κ2) is 8.13. The second-order valence-corrected chi connectivity index (χ2v) is 7.97. The zero-order chi connectivity index (χ0) is 20.5. The van der Waals surface area contributed by atoms with Gasteiger partial charge in [0.05, 0.1) is 30.2 Å². The molecule has 6 nitrogen and oxygen atoms in total. The van der Waals surface area contributed by atoms with Crippen LogP contribution in [0.4, 0.5) is 5.69 Å². The number of nitrogens with one attached hydrogen (secondary N) is 1. The number of aromatic nitrogens is 2. The van der Waals surface area contributed by atoms with Crippen LogP contribution < -0.4 is 5.06 Å². The highest BCUT2D eigenvalue weighted by Gasteiger charge is 2.31. The van der Waals surface area contributed by atoms with Gasteiger partial charge in [0.25, 0.3) is 0 Å². The van der Waals surface area contributed by atoms with Gasteiger partial charge in [-0.2, -0.15) is 0 Å². The average Bonchev–Trinajstić information content (AvgIpc) is 3.27. The SMILES string of the molecule is COC1=C(C)C(c2ccc(C3CCOCC3)cc2)N(c2ccc3nc[nH]c3c2)OC1. The first-order valence-electron chi connectivity index (χ1n) is 10.5. The molecule has 6 heteroatoms. The van der Waals surface area contributed by atoms with Crippen LogP contribution in [0, 0.1) is 0 Å². The van der Waals surface area contributed by atoms with Crippen molar-refractivity contribution >= 4 is 16.7 Å². The number of rotatable bonds is 4. The molecule has 0 spiro atoms. The van der Waals surface area contributed by atoms with Crippen molar-refractivity contribution in [2.24, 2.45) is 0 Å². The molecule has 5 rings (SSSR count). The first-order valence-corrected chi connectivity index (χ1v) is 10.5. The van der Waals surface area contributed by atoms with Crippen molar-refractivity contribution in [2.75, 3.05) is 32.0 Å². The summed E-state index contributed by atoms with van der Waals surface area (Å²) in [4.78, 5) is 13.7.